The predicted octanol–water partition coefficient (Wildman–Crippen LogP) is 5.18. The van der Waals surface area contributed by atoms with Crippen LogP contribution in [-0.2, 0) is 0 Å². The summed E-state index contributed by atoms with van der Waals surface area (Å²) in [5.41, 5.74) is 3.69. The van der Waals surface area contributed by atoms with E-state index in [1.54, 1.807) is 12.1 Å². The Balaban J connectivity index is 1.73. The van der Waals surface area contributed by atoms with Crippen molar-refractivity contribution in [1.29, 1.82) is 0 Å². The third kappa shape index (κ3) is 2.45. The lowest BCUT2D eigenvalue weighted by molar-refractivity contribution is -0.384. The third-order valence-electron chi connectivity index (χ3n) is 4.79. The molecular weight excluding hydrogens is 356 g/mol. The van der Waals surface area contributed by atoms with Gasteiger partial charge in [-0.25, -0.2) is 0 Å². The van der Waals surface area contributed by atoms with Gasteiger partial charge in [0.2, 0.25) is 0 Å². The Morgan fingerprint density at radius 1 is 1.17 bits per heavy atom. The van der Waals surface area contributed by atoms with E-state index < -0.39 is 0 Å². The van der Waals surface area contributed by atoms with E-state index >= 15 is 0 Å². The van der Waals surface area contributed by atoms with E-state index in [-0.39, 0.29) is 16.7 Å². The standard InChI is InChI=1S/C18H15BrN2O2/c19-12-6-9-17-16(10-12)14-2-1-3-15(14)18(20-17)11-4-7-13(8-5-11)21(22)23/h1-2,4-10,14-15,18,20H,3H2/t14-,15+,18+/m1/s1. The van der Waals surface area contributed by atoms with Gasteiger partial charge in [0.25, 0.3) is 5.69 Å². The molecule has 0 fully saturated rings. The summed E-state index contributed by atoms with van der Waals surface area (Å²) in [6.45, 7) is 0. The molecule has 116 valence electrons. The largest absolute Gasteiger partial charge is 0.378 e. The first kappa shape index (κ1) is 14.5. The first-order valence-electron chi connectivity index (χ1n) is 7.60. The minimum atomic E-state index is -0.356. The molecule has 0 unspecified atom stereocenters. The van der Waals surface area contributed by atoms with Crippen molar-refractivity contribution in [3.63, 3.8) is 0 Å². The fourth-order valence-corrected chi connectivity index (χ4v) is 4.08. The Kier molecular flexibility index (Phi) is 3.45. The zero-order valence-electron chi connectivity index (χ0n) is 12.3. The highest BCUT2D eigenvalue weighted by atomic mass is 79.9. The molecule has 5 heteroatoms. The lowest BCUT2D eigenvalue weighted by Crippen LogP contribution is -2.29. The normalized spacial score (nSPS) is 24.7. The number of fused-ring (bicyclic) bond motifs is 3. The molecule has 0 radical (unpaired) electrons. The smallest absolute Gasteiger partial charge is 0.269 e. The van der Waals surface area contributed by atoms with Crippen molar-refractivity contribution < 1.29 is 4.92 Å². The van der Waals surface area contributed by atoms with Gasteiger partial charge in [0.1, 0.15) is 0 Å². The molecule has 0 saturated heterocycles. The molecule has 0 spiro atoms. The van der Waals surface area contributed by atoms with Gasteiger partial charge in [0.05, 0.1) is 11.0 Å². The molecule has 1 aliphatic carbocycles. The van der Waals surface area contributed by atoms with Crippen LogP contribution in [0, 0.1) is 16.0 Å². The molecule has 0 amide bonds. The highest BCUT2D eigenvalue weighted by Crippen LogP contribution is 2.50. The number of nitrogens with zero attached hydrogens (tertiary/aromatic N) is 1. The molecule has 1 heterocycles. The Labute approximate surface area is 142 Å². The number of non-ortho nitro benzene ring substituents is 1. The Morgan fingerprint density at radius 2 is 1.96 bits per heavy atom. The number of hydrogen-bond acceptors (Lipinski definition) is 3. The van der Waals surface area contributed by atoms with Gasteiger partial charge in [0, 0.05) is 28.2 Å². The van der Waals surface area contributed by atoms with Crippen molar-refractivity contribution in [2.75, 3.05) is 5.32 Å². The first-order chi connectivity index (χ1) is 11.1. The van der Waals surface area contributed by atoms with Gasteiger partial charge in [-0.2, -0.15) is 0 Å². The zero-order chi connectivity index (χ0) is 16.0. The van der Waals surface area contributed by atoms with E-state index in [2.05, 4.69) is 45.5 Å². The number of hydrogen-bond donors (Lipinski definition) is 1. The minimum absolute atomic E-state index is 0.134. The second-order valence-electron chi connectivity index (χ2n) is 6.06. The molecule has 3 atom stereocenters. The average molecular weight is 371 g/mol. The molecule has 2 aromatic carbocycles. The summed E-state index contributed by atoms with van der Waals surface area (Å²) in [6.07, 6.45) is 5.55. The lowest BCUT2D eigenvalue weighted by Gasteiger charge is -2.37. The van der Waals surface area contributed by atoms with Crippen LogP contribution in [0.3, 0.4) is 0 Å². The van der Waals surface area contributed by atoms with Crippen LogP contribution in [0.2, 0.25) is 0 Å². The maximum absolute atomic E-state index is 10.8. The van der Waals surface area contributed by atoms with Crippen LogP contribution in [0.25, 0.3) is 0 Å². The van der Waals surface area contributed by atoms with Gasteiger partial charge >= 0.3 is 0 Å². The fourth-order valence-electron chi connectivity index (χ4n) is 3.70. The molecule has 4 nitrogen and oxygen atoms in total. The summed E-state index contributed by atoms with van der Waals surface area (Å²) >= 11 is 3.55. The fraction of sp³-hybridized carbons (Fsp3) is 0.222. The molecule has 2 aromatic rings. The van der Waals surface area contributed by atoms with E-state index in [0.29, 0.717) is 11.8 Å². The lowest BCUT2D eigenvalue weighted by atomic mass is 9.77. The van der Waals surface area contributed by atoms with Crippen molar-refractivity contribution in [2.45, 2.75) is 18.4 Å². The van der Waals surface area contributed by atoms with Crippen molar-refractivity contribution in [3.8, 4) is 0 Å². The van der Waals surface area contributed by atoms with Crippen LogP contribution in [-0.4, -0.2) is 4.92 Å². The summed E-state index contributed by atoms with van der Waals surface area (Å²) < 4.78 is 1.09. The van der Waals surface area contributed by atoms with Crippen molar-refractivity contribution in [1.82, 2.24) is 0 Å². The minimum Gasteiger partial charge on any atom is -0.378 e. The van der Waals surface area contributed by atoms with Crippen molar-refractivity contribution >= 4 is 27.3 Å². The second-order valence-corrected chi connectivity index (χ2v) is 6.97. The highest BCUT2D eigenvalue weighted by molar-refractivity contribution is 9.10. The number of nitrogens with one attached hydrogen (secondary N) is 1. The van der Waals surface area contributed by atoms with Gasteiger partial charge < -0.3 is 5.32 Å². The summed E-state index contributed by atoms with van der Waals surface area (Å²) in [4.78, 5) is 10.5. The molecule has 0 saturated carbocycles. The maximum atomic E-state index is 10.8. The number of nitro benzene ring substituents is 1. The van der Waals surface area contributed by atoms with Crippen molar-refractivity contribution in [3.05, 3.63) is 80.3 Å². The third-order valence-corrected chi connectivity index (χ3v) is 5.28. The molecule has 2 aliphatic rings. The summed E-state index contributed by atoms with van der Waals surface area (Å²) in [7, 11) is 0. The number of anilines is 1. The number of halogens is 1. The highest BCUT2D eigenvalue weighted by Gasteiger charge is 2.37. The Morgan fingerprint density at radius 3 is 2.70 bits per heavy atom. The summed E-state index contributed by atoms with van der Waals surface area (Å²) in [5.74, 6) is 0.835. The number of allylic oxidation sites excluding steroid dienone is 2. The Bertz CT molecular complexity index is 801. The van der Waals surface area contributed by atoms with Gasteiger partial charge in [-0.3, -0.25) is 10.1 Å². The van der Waals surface area contributed by atoms with Crippen LogP contribution in [0.1, 0.15) is 29.5 Å². The summed E-state index contributed by atoms with van der Waals surface area (Å²) in [5, 5.41) is 14.5. The number of nitro groups is 1. The maximum Gasteiger partial charge on any atom is 0.269 e. The quantitative estimate of drug-likeness (QED) is 0.449. The first-order valence-corrected chi connectivity index (χ1v) is 8.40. The second kappa shape index (κ2) is 5.49. The van der Waals surface area contributed by atoms with Crippen LogP contribution >= 0.6 is 15.9 Å². The van der Waals surface area contributed by atoms with Crippen LogP contribution in [0.5, 0.6) is 0 Å². The van der Waals surface area contributed by atoms with Crippen LogP contribution in [0.4, 0.5) is 11.4 Å². The van der Waals surface area contributed by atoms with E-state index in [4.69, 9.17) is 0 Å². The van der Waals surface area contributed by atoms with Gasteiger partial charge in [-0.1, -0.05) is 40.2 Å². The monoisotopic (exact) mass is 370 g/mol. The molecule has 0 bridgehead atoms. The van der Waals surface area contributed by atoms with E-state index in [1.165, 1.54) is 5.56 Å². The van der Waals surface area contributed by atoms with Crippen molar-refractivity contribution in [2.24, 2.45) is 5.92 Å². The molecule has 1 aliphatic heterocycles. The van der Waals surface area contributed by atoms with Crippen LogP contribution < -0.4 is 5.32 Å². The molecule has 23 heavy (non-hydrogen) atoms. The molecule has 1 N–H and O–H groups in total. The van der Waals surface area contributed by atoms with E-state index in [0.717, 1.165) is 22.1 Å². The molecular formula is C18H15BrN2O2. The summed E-state index contributed by atoms with van der Waals surface area (Å²) in [6, 6.07) is 13.4. The van der Waals surface area contributed by atoms with E-state index in [9.17, 15) is 10.1 Å². The molecule has 4 rings (SSSR count). The SMILES string of the molecule is O=[N+]([O-])c1ccc([C@@H]2Nc3ccc(Br)cc3[C@@H]3C=CC[C@@H]32)cc1. The Hall–Kier alpha value is -2.14. The van der Waals surface area contributed by atoms with Crippen LogP contribution in [0.15, 0.2) is 59.1 Å². The average Bonchev–Trinajstić information content (AvgIpc) is 3.04. The van der Waals surface area contributed by atoms with Gasteiger partial charge in [-0.15, -0.1) is 0 Å². The van der Waals surface area contributed by atoms with E-state index in [1.807, 2.05) is 18.2 Å². The van der Waals surface area contributed by atoms with Gasteiger partial charge in [-0.05, 0) is 41.7 Å². The predicted molar refractivity (Wildman–Crippen MR) is 93.6 cm³/mol. The number of benzene rings is 2. The zero-order valence-corrected chi connectivity index (χ0v) is 13.9. The topological polar surface area (TPSA) is 55.2 Å². The molecule has 0 aromatic heterocycles. The number of rotatable bonds is 2. The van der Waals surface area contributed by atoms with Gasteiger partial charge in [0.15, 0.2) is 0 Å².